The van der Waals surface area contributed by atoms with Gasteiger partial charge in [-0.15, -0.1) is 0 Å². The molecule has 0 fully saturated rings. The largest absolute Gasteiger partial charge is 0 e. The summed E-state index contributed by atoms with van der Waals surface area (Å²) in [6.07, 6.45) is 0. The van der Waals surface area contributed by atoms with Gasteiger partial charge in [-0.05, 0) is 0 Å². The van der Waals surface area contributed by atoms with Crippen molar-refractivity contribution >= 4 is 0 Å². The van der Waals surface area contributed by atoms with Crippen molar-refractivity contribution in [2.45, 2.75) is 0 Å². The Balaban J connectivity index is 0. The van der Waals surface area contributed by atoms with Gasteiger partial charge in [0.15, 0.2) is 0 Å². The van der Waals surface area contributed by atoms with Crippen LogP contribution in [0.2, 0.25) is 0 Å². The van der Waals surface area contributed by atoms with E-state index in [-0.39, 0.29) is 98.7 Å². The van der Waals surface area contributed by atoms with Crippen LogP contribution in [0.5, 0.6) is 0 Å². The molecule has 0 rings (SSSR count). The molecule has 0 saturated heterocycles. The predicted octanol–water partition coefficient (Wildman–Crippen LogP) is -0.00750. The fourth-order valence-corrected chi connectivity index (χ4v) is 0. The summed E-state index contributed by atoms with van der Waals surface area (Å²) < 4.78 is 0. The summed E-state index contributed by atoms with van der Waals surface area (Å²) >= 11 is 0. The topological polar surface area (TPSA) is 0 Å². The summed E-state index contributed by atoms with van der Waals surface area (Å²) in [7, 11) is 0. The molecule has 0 aromatic carbocycles. The number of hydrogen-bond donors (Lipinski definition) is 0. The van der Waals surface area contributed by atoms with E-state index in [2.05, 4.69) is 0 Å². The Labute approximate surface area is 96.5 Å². The van der Waals surface area contributed by atoms with Gasteiger partial charge in [0.05, 0.1) is 0 Å². The third kappa shape index (κ3) is 8.95. The molecule has 0 spiro atoms. The molecule has 0 amide bonds. The maximum Gasteiger partial charge on any atom is 0 e. The molecule has 4 heavy (non-hydrogen) atoms. The maximum atomic E-state index is 0. The van der Waals surface area contributed by atoms with Crippen LogP contribution >= 0.6 is 0 Å². The first-order chi connectivity index (χ1) is 0. The van der Waals surface area contributed by atoms with Gasteiger partial charge in [-0.1, -0.05) is 0 Å². The number of hydrogen-bond acceptors (Lipinski definition) is 0. The average Bonchev–Trinajstić information content (AvgIpc) is 0. The third-order valence-electron chi connectivity index (χ3n) is 0. The molecule has 0 aliphatic heterocycles. The van der Waals surface area contributed by atoms with Crippen molar-refractivity contribution < 1.29 is 98.7 Å². The Hall–Kier alpha value is 3.18. The smallest absolute Gasteiger partial charge is 0 e. The van der Waals surface area contributed by atoms with Crippen molar-refractivity contribution in [3.05, 3.63) is 0 Å². The zero-order valence-corrected chi connectivity index (χ0v) is 10.4. The van der Waals surface area contributed by atoms with Crippen LogP contribution in [0.1, 0.15) is 0 Å². The average molecular weight is 375 g/mol. The summed E-state index contributed by atoms with van der Waals surface area (Å²) in [5.41, 5.74) is 0. The Morgan fingerprint density at radius 1 is 1.00 bits per heavy atom. The summed E-state index contributed by atoms with van der Waals surface area (Å²) in [4.78, 5) is 0. The van der Waals surface area contributed by atoms with Gasteiger partial charge in [0.2, 0.25) is 0 Å². The molecule has 0 saturated carbocycles. The van der Waals surface area contributed by atoms with Crippen molar-refractivity contribution in [2.75, 3.05) is 0 Å². The van der Waals surface area contributed by atoms with Gasteiger partial charge in [0.25, 0.3) is 0 Å². The molecular weight excluding hydrogens is 375 g/mol. The van der Waals surface area contributed by atoms with E-state index in [4.69, 9.17) is 0 Å². The second-order valence-electron chi connectivity index (χ2n) is 0. The summed E-state index contributed by atoms with van der Waals surface area (Å²) in [5, 5.41) is 0. The molecule has 0 heterocycles. The van der Waals surface area contributed by atoms with Crippen molar-refractivity contribution in [3.8, 4) is 0 Å². The summed E-state index contributed by atoms with van der Waals surface area (Å²) in [6, 6.07) is 0. The maximum absolute atomic E-state index is 0. The van der Waals surface area contributed by atoms with E-state index in [0.29, 0.717) is 0 Å². The Bertz CT molecular complexity index is 8.00. The Kier molecular flexibility index (Phi) is 111. The van der Waals surface area contributed by atoms with Crippen LogP contribution < -0.4 is 0 Å². The van der Waals surface area contributed by atoms with Crippen LogP contribution in [0.4, 0.5) is 0 Å². The molecule has 0 atom stereocenters. The minimum Gasteiger partial charge on any atom is 0 e. The predicted molar refractivity (Wildman–Crippen MR) is 0 cm³/mol. The normalized spacial score (nSPS) is 0. The van der Waals surface area contributed by atoms with E-state index in [1.807, 2.05) is 0 Å². The van der Waals surface area contributed by atoms with Crippen LogP contribution in [-0.2, 0) is 57.0 Å². The molecule has 0 aromatic heterocycles. The minimum absolute atomic E-state index is 0. The summed E-state index contributed by atoms with van der Waals surface area (Å²) in [6.45, 7) is 0. The molecular formula is CeCuPdZn. The fourth-order valence-electron chi connectivity index (χ4n) is 0. The second kappa shape index (κ2) is 16.4. The van der Waals surface area contributed by atoms with Crippen LogP contribution in [0.3, 0.4) is 0 Å². The monoisotopic (exact) mass is 373 g/mol. The second-order valence-corrected chi connectivity index (χ2v) is 0. The molecule has 0 unspecified atom stereocenters. The van der Waals surface area contributed by atoms with E-state index in [0.717, 1.165) is 0 Å². The van der Waals surface area contributed by atoms with Crippen LogP contribution in [0, 0.1) is 41.7 Å². The van der Waals surface area contributed by atoms with Crippen molar-refractivity contribution in [2.24, 2.45) is 0 Å². The van der Waals surface area contributed by atoms with Gasteiger partial charge in [0.1, 0.15) is 0 Å². The van der Waals surface area contributed by atoms with Crippen LogP contribution in [0.25, 0.3) is 0 Å². The summed E-state index contributed by atoms with van der Waals surface area (Å²) in [5.74, 6) is 0. The van der Waals surface area contributed by atoms with Gasteiger partial charge in [-0.2, -0.15) is 0 Å². The molecule has 0 N–H and O–H groups in total. The zero-order chi connectivity index (χ0) is 0. The van der Waals surface area contributed by atoms with E-state index in [1.54, 1.807) is 0 Å². The minimum atomic E-state index is 0. The quantitative estimate of drug-likeness (QED) is 0.523. The van der Waals surface area contributed by atoms with Gasteiger partial charge >= 0.3 is 0 Å². The van der Waals surface area contributed by atoms with E-state index in [9.17, 15) is 0 Å². The van der Waals surface area contributed by atoms with E-state index in [1.165, 1.54) is 0 Å². The first-order valence-corrected chi connectivity index (χ1v) is 0. The molecule has 0 nitrogen and oxygen atoms in total. The van der Waals surface area contributed by atoms with Gasteiger partial charge in [-0.3, -0.25) is 0 Å². The van der Waals surface area contributed by atoms with Gasteiger partial charge < -0.3 is 0 Å². The Morgan fingerprint density at radius 3 is 1.00 bits per heavy atom. The molecule has 0 bridgehead atoms. The molecule has 1 radical (unpaired) electrons. The fraction of sp³-hybridized carbons (Fsp3) is 0. The van der Waals surface area contributed by atoms with E-state index < -0.39 is 0 Å². The van der Waals surface area contributed by atoms with Crippen LogP contribution in [-0.4, -0.2) is 0 Å². The Morgan fingerprint density at radius 2 is 1.00 bits per heavy atom. The van der Waals surface area contributed by atoms with Gasteiger partial charge in [0, 0.05) is 98.7 Å². The first kappa shape index (κ1) is 27.1. The third-order valence-corrected chi connectivity index (χ3v) is 0. The molecule has 4 heteroatoms. The first-order valence-electron chi connectivity index (χ1n) is 0. The molecule has 0 aliphatic carbocycles. The SMILES string of the molecule is [Ce].[Cu].[Pd].[Zn]. The number of rotatable bonds is 0. The standard InChI is InChI=1S/Ce.Cu.Pd.Zn. The molecule has 0 aromatic rings. The van der Waals surface area contributed by atoms with E-state index >= 15 is 0 Å². The van der Waals surface area contributed by atoms with Crippen molar-refractivity contribution in [3.63, 3.8) is 0 Å². The molecule has 0 aliphatic rings. The van der Waals surface area contributed by atoms with Crippen molar-refractivity contribution in [1.82, 2.24) is 0 Å². The van der Waals surface area contributed by atoms with Crippen LogP contribution in [0.15, 0.2) is 0 Å². The molecule has 27 valence electrons. The zero-order valence-electron chi connectivity index (χ0n) is 1.82. The van der Waals surface area contributed by atoms with Gasteiger partial charge in [-0.25, -0.2) is 0 Å². The van der Waals surface area contributed by atoms with Crippen molar-refractivity contribution in [1.29, 1.82) is 0 Å².